The lowest BCUT2D eigenvalue weighted by atomic mass is 9.83. The normalized spacial score (nSPS) is 21.3. The molecule has 1 fully saturated rings. The smallest absolute Gasteiger partial charge is 0.136 e. The molecule has 0 saturated heterocycles. The lowest BCUT2D eigenvalue weighted by Crippen LogP contribution is -2.43. The van der Waals surface area contributed by atoms with Crippen LogP contribution >= 0.6 is 0 Å². The van der Waals surface area contributed by atoms with Crippen molar-refractivity contribution in [1.82, 2.24) is 14.7 Å². The van der Waals surface area contributed by atoms with Crippen molar-refractivity contribution in [3.63, 3.8) is 0 Å². The first kappa shape index (κ1) is 14.9. The Hall–Kier alpha value is -0.520. The summed E-state index contributed by atoms with van der Waals surface area (Å²) in [6.45, 7) is 6.00. The standard InChI is InChI=1S/C14H25N3OS/c1-14(2,3)19(18)17-13(12-9-15-10-16-12)11-7-5-4-6-8-11/h9-11,13,17H,4-8H2,1-3H3,(H,15,16)/t13-,19-/m0/s1. The van der Waals surface area contributed by atoms with E-state index in [1.165, 1.54) is 32.1 Å². The number of imidazole rings is 1. The van der Waals surface area contributed by atoms with Crippen LogP contribution in [0.25, 0.3) is 0 Å². The van der Waals surface area contributed by atoms with Crippen molar-refractivity contribution in [3.8, 4) is 0 Å². The minimum atomic E-state index is -1.06. The maximum absolute atomic E-state index is 12.4. The Kier molecular flexibility index (Phi) is 4.92. The molecule has 2 rings (SSSR count). The molecule has 1 heterocycles. The van der Waals surface area contributed by atoms with E-state index in [4.69, 9.17) is 0 Å². The van der Waals surface area contributed by atoms with Gasteiger partial charge in [-0.25, -0.2) is 4.98 Å². The van der Waals surface area contributed by atoms with Crippen molar-refractivity contribution < 1.29 is 4.55 Å². The van der Waals surface area contributed by atoms with Crippen molar-refractivity contribution >= 4 is 11.4 Å². The van der Waals surface area contributed by atoms with Crippen molar-refractivity contribution in [2.24, 2.45) is 5.92 Å². The van der Waals surface area contributed by atoms with Gasteiger partial charge in [-0.3, -0.25) is 0 Å². The first-order valence-corrected chi connectivity index (χ1v) is 8.30. The molecule has 0 amide bonds. The highest BCUT2D eigenvalue weighted by Gasteiger charge is 2.34. The van der Waals surface area contributed by atoms with Gasteiger partial charge in [-0.1, -0.05) is 19.3 Å². The molecule has 1 aromatic heterocycles. The molecule has 0 aromatic carbocycles. The Balaban J connectivity index is 2.10. The average Bonchev–Trinajstić information content (AvgIpc) is 2.89. The van der Waals surface area contributed by atoms with E-state index >= 15 is 0 Å². The van der Waals surface area contributed by atoms with Gasteiger partial charge in [0.15, 0.2) is 0 Å². The molecule has 1 aliphatic rings. The molecule has 108 valence electrons. The largest absolute Gasteiger partial charge is 0.598 e. The Labute approximate surface area is 119 Å². The zero-order chi connectivity index (χ0) is 13.9. The molecule has 0 spiro atoms. The van der Waals surface area contributed by atoms with Crippen molar-refractivity contribution in [2.75, 3.05) is 0 Å². The Morgan fingerprint density at radius 2 is 2.05 bits per heavy atom. The predicted molar refractivity (Wildman–Crippen MR) is 78.9 cm³/mol. The van der Waals surface area contributed by atoms with Crippen LogP contribution in [-0.2, 0) is 11.4 Å². The van der Waals surface area contributed by atoms with Crippen LogP contribution in [0.5, 0.6) is 0 Å². The number of rotatable bonds is 4. The summed E-state index contributed by atoms with van der Waals surface area (Å²) >= 11 is -1.06. The maximum atomic E-state index is 12.4. The Morgan fingerprint density at radius 3 is 2.58 bits per heavy atom. The zero-order valence-electron chi connectivity index (χ0n) is 12.1. The molecule has 4 nitrogen and oxygen atoms in total. The molecule has 1 aromatic rings. The van der Waals surface area contributed by atoms with Gasteiger partial charge >= 0.3 is 0 Å². The van der Waals surface area contributed by atoms with Crippen LogP contribution in [0.15, 0.2) is 12.5 Å². The highest BCUT2D eigenvalue weighted by molar-refractivity contribution is 7.90. The van der Waals surface area contributed by atoms with Gasteiger partial charge in [-0.2, -0.15) is 0 Å². The molecule has 0 aliphatic heterocycles. The van der Waals surface area contributed by atoms with Crippen LogP contribution in [0, 0.1) is 5.92 Å². The summed E-state index contributed by atoms with van der Waals surface area (Å²) in [6, 6.07) is 0.103. The lowest BCUT2D eigenvalue weighted by Gasteiger charge is -2.33. The molecule has 2 atom stereocenters. The van der Waals surface area contributed by atoms with Gasteiger partial charge in [0.05, 0.1) is 18.1 Å². The Bertz CT molecular complexity index is 369. The van der Waals surface area contributed by atoms with E-state index in [2.05, 4.69) is 14.7 Å². The van der Waals surface area contributed by atoms with E-state index in [9.17, 15) is 4.55 Å². The number of hydrogen-bond acceptors (Lipinski definition) is 3. The molecule has 0 unspecified atom stereocenters. The number of H-pyrrole nitrogens is 1. The van der Waals surface area contributed by atoms with E-state index in [-0.39, 0.29) is 10.8 Å². The second-order valence-electron chi connectivity index (χ2n) is 6.37. The first-order valence-electron chi connectivity index (χ1n) is 7.15. The van der Waals surface area contributed by atoms with E-state index in [0.29, 0.717) is 5.92 Å². The zero-order valence-corrected chi connectivity index (χ0v) is 12.9. The Morgan fingerprint density at radius 1 is 1.37 bits per heavy atom. The van der Waals surface area contributed by atoms with Crippen LogP contribution in [0.4, 0.5) is 0 Å². The van der Waals surface area contributed by atoms with Crippen molar-refractivity contribution in [1.29, 1.82) is 0 Å². The number of aromatic nitrogens is 2. The summed E-state index contributed by atoms with van der Waals surface area (Å²) in [7, 11) is 0. The summed E-state index contributed by atoms with van der Waals surface area (Å²) < 4.78 is 15.4. The number of nitrogens with one attached hydrogen (secondary N) is 2. The van der Waals surface area contributed by atoms with Crippen LogP contribution < -0.4 is 4.72 Å². The molecule has 0 bridgehead atoms. The molecular formula is C14H25N3OS. The molecular weight excluding hydrogens is 258 g/mol. The fraction of sp³-hybridized carbons (Fsp3) is 0.786. The van der Waals surface area contributed by atoms with Gasteiger partial charge in [-0.05, 0) is 39.5 Å². The van der Waals surface area contributed by atoms with Gasteiger partial charge in [0, 0.05) is 17.6 Å². The second-order valence-corrected chi connectivity index (χ2v) is 8.37. The fourth-order valence-electron chi connectivity index (χ4n) is 2.60. The minimum Gasteiger partial charge on any atom is -0.598 e. The predicted octanol–water partition coefficient (Wildman–Crippen LogP) is 3.08. The van der Waals surface area contributed by atoms with Crippen molar-refractivity contribution in [3.05, 3.63) is 18.2 Å². The number of nitrogens with zero attached hydrogens (tertiary/aromatic N) is 1. The third-order valence-electron chi connectivity index (χ3n) is 3.75. The van der Waals surface area contributed by atoms with E-state index < -0.39 is 11.4 Å². The van der Waals surface area contributed by atoms with Crippen LogP contribution in [0.3, 0.4) is 0 Å². The molecule has 1 saturated carbocycles. The van der Waals surface area contributed by atoms with Gasteiger partial charge in [0.25, 0.3) is 0 Å². The second kappa shape index (κ2) is 6.29. The van der Waals surface area contributed by atoms with Crippen LogP contribution in [0.1, 0.15) is 64.6 Å². The van der Waals surface area contributed by atoms with Crippen LogP contribution in [0.2, 0.25) is 0 Å². The third kappa shape index (κ3) is 3.97. The van der Waals surface area contributed by atoms with E-state index in [1.807, 2.05) is 27.0 Å². The fourth-order valence-corrected chi connectivity index (χ4v) is 3.50. The third-order valence-corrected chi connectivity index (χ3v) is 5.33. The highest BCUT2D eigenvalue weighted by Crippen LogP contribution is 2.35. The van der Waals surface area contributed by atoms with E-state index in [1.54, 1.807) is 6.33 Å². The number of hydrogen-bond donors (Lipinski definition) is 2. The molecule has 19 heavy (non-hydrogen) atoms. The minimum absolute atomic E-state index is 0.103. The summed E-state index contributed by atoms with van der Waals surface area (Å²) in [5.74, 6) is 0.545. The number of aromatic amines is 1. The maximum Gasteiger partial charge on any atom is 0.136 e. The summed E-state index contributed by atoms with van der Waals surface area (Å²) in [6.07, 6.45) is 9.90. The van der Waals surface area contributed by atoms with E-state index in [0.717, 1.165) is 5.69 Å². The summed E-state index contributed by atoms with van der Waals surface area (Å²) in [5, 5.41) is 0. The molecule has 1 aliphatic carbocycles. The van der Waals surface area contributed by atoms with Crippen molar-refractivity contribution in [2.45, 2.75) is 63.7 Å². The SMILES string of the molecule is CC(C)(C)[S@+]([O-])N[C@H](c1c[nH]cn1)C1CCCCC1. The van der Waals surface area contributed by atoms with Gasteiger partial charge in [0.2, 0.25) is 0 Å². The topological polar surface area (TPSA) is 63.8 Å². The quantitative estimate of drug-likeness (QED) is 0.835. The summed E-state index contributed by atoms with van der Waals surface area (Å²) in [4.78, 5) is 7.39. The lowest BCUT2D eigenvalue weighted by molar-refractivity contribution is 0.289. The average molecular weight is 283 g/mol. The summed E-state index contributed by atoms with van der Waals surface area (Å²) in [5.41, 5.74) is 0.990. The van der Waals surface area contributed by atoms with Crippen LogP contribution in [-0.4, -0.2) is 19.3 Å². The molecule has 0 radical (unpaired) electrons. The van der Waals surface area contributed by atoms with Gasteiger partial charge < -0.3 is 9.54 Å². The first-order chi connectivity index (χ1) is 8.98. The molecule has 2 N–H and O–H groups in total. The monoisotopic (exact) mass is 283 g/mol. The van der Waals surface area contributed by atoms with Gasteiger partial charge in [-0.15, -0.1) is 4.72 Å². The molecule has 5 heteroatoms. The van der Waals surface area contributed by atoms with Gasteiger partial charge in [0.1, 0.15) is 4.75 Å². The highest BCUT2D eigenvalue weighted by atomic mass is 32.2.